The van der Waals surface area contributed by atoms with Crippen molar-refractivity contribution in [2.45, 2.75) is 19.9 Å². The van der Waals surface area contributed by atoms with Crippen molar-refractivity contribution in [2.75, 3.05) is 0 Å². The number of allylic oxidation sites excluding steroid dienone is 2. The summed E-state index contributed by atoms with van der Waals surface area (Å²) in [5, 5.41) is 9.25. The molecule has 0 aliphatic carbocycles. The van der Waals surface area contributed by atoms with Gasteiger partial charge in [0, 0.05) is 13.6 Å². The fourth-order valence-electron chi connectivity index (χ4n) is 1.90. The number of aryl methyl sites for hydroxylation is 1. The number of nitrogens with zero attached hydrogens (tertiary/aromatic N) is 2. The van der Waals surface area contributed by atoms with Gasteiger partial charge in [0.05, 0.1) is 5.39 Å². The molecule has 1 N–H and O–H groups in total. The van der Waals surface area contributed by atoms with E-state index >= 15 is 0 Å². The Kier molecular flexibility index (Phi) is 3.89. The second kappa shape index (κ2) is 5.46. The topological polar surface area (TPSA) is 81.3 Å². The van der Waals surface area contributed by atoms with Crippen LogP contribution in [-0.4, -0.2) is 20.2 Å². The lowest BCUT2D eigenvalue weighted by Gasteiger charge is -2.05. The number of aromatic nitrogens is 2. The maximum atomic E-state index is 12.3. The Hall–Kier alpha value is -2.15. The Morgan fingerprint density at radius 1 is 1.40 bits per heavy atom. The van der Waals surface area contributed by atoms with Crippen molar-refractivity contribution in [2.24, 2.45) is 7.05 Å². The minimum Gasteiger partial charge on any atom is -0.477 e. The predicted octanol–water partition coefficient (Wildman–Crippen LogP) is 1.43. The highest BCUT2D eigenvalue weighted by atomic mass is 32.1. The van der Waals surface area contributed by atoms with Gasteiger partial charge in [0.15, 0.2) is 0 Å². The number of carbonyl (C=O) groups is 1. The Morgan fingerprint density at radius 2 is 2.10 bits per heavy atom. The molecule has 0 fully saturated rings. The maximum Gasteiger partial charge on any atom is 0.345 e. The lowest BCUT2D eigenvalue weighted by molar-refractivity contribution is 0.0702. The molecule has 2 aromatic heterocycles. The third kappa shape index (κ3) is 2.32. The molecular formula is C13H14N2O4S. The first-order valence-corrected chi connectivity index (χ1v) is 6.90. The summed E-state index contributed by atoms with van der Waals surface area (Å²) in [6.07, 6.45) is 4.43. The van der Waals surface area contributed by atoms with Crippen molar-refractivity contribution in [3.63, 3.8) is 0 Å². The summed E-state index contributed by atoms with van der Waals surface area (Å²) in [6.45, 7) is 2.14. The van der Waals surface area contributed by atoms with E-state index in [1.54, 1.807) is 6.08 Å². The molecule has 0 amide bonds. The molecule has 0 saturated carbocycles. The molecule has 20 heavy (non-hydrogen) atoms. The van der Waals surface area contributed by atoms with E-state index in [2.05, 4.69) is 0 Å². The van der Waals surface area contributed by atoms with E-state index in [4.69, 9.17) is 5.11 Å². The minimum atomic E-state index is -1.10. The molecule has 0 spiro atoms. The monoisotopic (exact) mass is 294 g/mol. The normalized spacial score (nSPS) is 11.5. The van der Waals surface area contributed by atoms with Gasteiger partial charge in [-0.1, -0.05) is 19.1 Å². The van der Waals surface area contributed by atoms with Gasteiger partial charge in [-0.15, -0.1) is 11.3 Å². The molecule has 0 aliphatic heterocycles. The molecule has 0 bridgehead atoms. The SMILES string of the molecule is CCC=CCn1c(=O)c2cc(C(=O)O)sc2n(C)c1=O. The van der Waals surface area contributed by atoms with Crippen molar-refractivity contribution in [1.29, 1.82) is 0 Å². The average Bonchev–Trinajstić information content (AvgIpc) is 2.86. The first kappa shape index (κ1) is 14.3. The maximum absolute atomic E-state index is 12.3. The molecule has 2 aromatic rings. The minimum absolute atomic E-state index is 0.0500. The number of carboxylic acids is 1. The Balaban J connectivity index is 2.72. The smallest absolute Gasteiger partial charge is 0.345 e. The van der Waals surface area contributed by atoms with E-state index in [9.17, 15) is 14.4 Å². The van der Waals surface area contributed by atoms with Gasteiger partial charge in [0.25, 0.3) is 5.56 Å². The molecule has 0 aliphatic rings. The third-order valence-electron chi connectivity index (χ3n) is 2.91. The zero-order valence-electron chi connectivity index (χ0n) is 11.1. The molecule has 6 nitrogen and oxygen atoms in total. The van der Waals surface area contributed by atoms with Gasteiger partial charge in [-0.25, -0.2) is 9.59 Å². The molecule has 0 unspecified atom stereocenters. The number of carboxylic acid groups (broad SMARTS) is 1. The summed E-state index contributed by atoms with van der Waals surface area (Å²) < 4.78 is 2.42. The number of fused-ring (bicyclic) bond motifs is 1. The molecule has 106 valence electrons. The van der Waals surface area contributed by atoms with Crippen LogP contribution < -0.4 is 11.2 Å². The lowest BCUT2D eigenvalue weighted by Crippen LogP contribution is -2.38. The quantitative estimate of drug-likeness (QED) is 0.865. The van der Waals surface area contributed by atoms with E-state index in [1.165, 1.54) is 17.7 Å². The Labute approximate surface area is 118 Å². The zero-order valence-corrected chi connectivity index (χ0v) is 11.9. The molecule has 2 rings (SSSR count). The van der Waals surface area contributed by atoms with Crippen LogP contribution in [0.3, 0.4) is 0 Å². The summed E-state index contributed by atoms with van der Waals surface area (Å²) in [4.78, 5) is 35.8. The fraction of sp³-hybridized carbons (Fsp3) is 0.308. The van der Waals surface area contributed by atoms with E-state index in [-0.39, 0.29) is 16.8 Å². The van der Waals surface area contributed by atoms with Gasteiger partial charge in [0.2, 0.25) is 0 Å². The highest BCUT2D eigenvalue weighted by molar-refractivity contribution is 7.20. The molecule has 7 heteroatoms. The molecule has 2 heterocycles. The molecular weight excluding hydrogens is 280 g/mol. The summed E-state index contributed by atoms with van der Waals surface area (Å²) in [5.74, 6) is -1.10. The Morgan fingerprint density at radius 3 is 2.70 bits per heavy atom. The summed E-state index contributed by atoms with van der Waals surface area (Å²) in [6, 6.07) is 1.32. The van der Waals surface area contributed by atoms with Crippen LogP contribution in [0.25, 0.3) is 10.2 Å². The molecule has 0 saturated heterocycles. The average molecular weight is 294 g/mol. The van der Waals surface area contributed by atoms with Crippen molar-refractivity contribution in [1.82, 2.24) is 9.13 Å². The first-order chi connectivity index (χ1) is 9.47. The lowest BCUT2D eigenvalue weighted by atomic mass is 10.3. The highest BCUT2D eigenvalue weighted by Crippen LogP contribution is 2.21. The van der Waals surface area contributed by atoms with Crippen LogP contribution in [0.15, 0.2) is 27.8 Å². The zero-order chi connectivity index (χ0) is 14.9. The van der Waals surface area contributed by atoms with Crippen LogP contribution in [0, 0.1) is 0 Å². The van der Waals surface area contributed by atoms with Crippen LogP contribution in [0.5, 0.6) is 0 Å². The third-order valence-corrected chi connectivity index (χ3v) is 4.11. The van der Waals surface area contributed by atoms with E-state index in [0.717, 1.165) is 22.3 Å². The van der Waals surface area contributed by atoms with Gasteiger partial charge in [0.1, 0.15) is 9.71 Å². The number of thiophene rings is 1. The standard InChI is InChI=1S/C13H14N2O4S/c1-3-4-5-6-15-10(16)8-7-9(12(17)18)20-11(8)14(2)13(15)19/h4-5,7H,3,6H2,1-2H3,(H,17,18). The fourth-order valence-corrected chi connectivity index (χ4v) is 2.84. The van der Waals surface area contributed by atoms with Crippen molar-refractivity contribution >= 4 is 27.5 Å². The second-order valence-corrected chi connectivity index (χ2v) is 5.30. The first-order valence-electron chi connectivity index (χ1n) is 6.09. The molecule has 0 aromatic carbocycles. The van der Waals surface area contributed by atoms with Gasteiger partial charge in [-0.3, -0.25) is 13.9 Å². The van der Waals surface area contributed by atoms with Crippen molar-refractivity contribution < 1.29 is 9.90 Å². The van der Waals surface area contributed by atoms with Gasteiger partial charge >= 0.3 is 11.7 Å². The second-order valence-electron chi connectivity index (χ2n) is 4.27. The van der Waals surface area contributed by atoms with Crippen molar-refractivity contribution in [3.05, 3.63) is 43.9 Å². The summed E-state index contributed by atoms with van der Waals surface area (Å²) in [7, 11) is 1.53. The van der Waals surface area contributed by atoms with E-state index in [0.29, 0.717) is 4.83 Å². The predicted molar refractivity (Wildman–Crippen MR) is 77.7 cm³/mol. The van der Waals surface area contributed by atoms with Crippen LogP contribution in [-0.2, 0) is 13.6 Å². The van der Waals surface area contributed by atoms with E-state index < -0.39 is 17.2 Å². The van der Waals surface area contributed by atoms with Crippen LogP contribution >= 0.6 is 11.3 Å². The van der Waals surface area contributed by atoms with Crippen molar-refractivity contribution in [3.8, 4) is 0 Å². The molecule has 0 atom stereocenters. The highest BCUT2D eigenvalue weighted by Gasteiger charge is 2.16. The largest absolute Gasteiger partial charge is 0.477 e. The molecule has 0 radical (unpaired) electrons. The number of hydrogen-bond donors (Lipinski definition) is 1. The van der Waals surface area contributed by atoms with E-state index in [1.807, 2.05) is 13.0 Å². The van der Waals surface area contributed by atoms with Crippen LogP contribution in [0.1, 0.15) is 23.0 Å². The van der Waals surface area contributed by atoms with Gasteiger partial charge in [-0.05, 0) is 12.5 Å². The Bertz CT molecular complexity index is 810. The number of hydrogen-bond acceptors (Lipinski definition) is 4. The van der Waals surface area contributed by atoms with Crippen LogP contribution in [0.2, 0.25) is 0 Å². The van der Waals surface area contributed by atoms with Gasteiger partial charge in [-0.2, -0.15) is 0 Å². The summed E-state index contributed by atoms with van der Waals surface area (Å²) in [5.41, 5.74) is -0.894. The number of rotatable bonds is 4. The number of aromatic carboxylic acids is 1. The summed E-state index contributed by atoms with van der Waals surface area (Å²) >= 11 is 0.929. The van der Waals surface area contributed by atoms with Crippen LogP contribution in [0.4, 0.5) is 0 Å². The van der Waals surface area contributed by atoms with Gasteiger partial charge < -0.3 is 5.11 Å².